The van der Waals surface area contributed by atoms with Crippen molar-refractivity contribution >= 4 is 0 Å². The Morgan fingerprint density at radius 3 is 2.08 bits per heavy atom. The summed E-state index contributed by atoms with van der Waals surface area (Å²) < 4.78 is 2.21. The third kappa shape index (κ3) is 1.93. The van der Waals surface area contributed by atoms with Gasteiger partial charge >= 0.3 is 0 Å². The molecular formula is C11H20N2. The molecule has 0 aliphatic carbocycles. The summed E-state index contributed by atoms with van der Waals surface area (Å²) in [7, 11) is 2.10. The maximum absolute atomic E-state index is 4.47. The lowest BCUT2D eigenvalue weighted by Gasteiger charge is -2.19. The lowest BCUT2D eigenvalue weighted by molar-refractivity contribution is 0.515. The van der Waals surface area contributed by atoms with Crippen molar-refractivity contribution in [1.82, 2.24) is 9.55 Å². The first kappa shape index (κ1) is 10.3. The van der Waals surface area contributed by atoms with Gasteiger partial charge in [0.25, 0.3) is 0 Å². The summed E-state index contributed by atoms with van der Waals surface area (Å²) in [6, 6.07) is 0. The third-order valence-corrected chi connectivity index (χ3v) is 2.29. The maximum Gasteiger partial charge on any atom is 0.114 e. The Morgan fingerprint density at radius 1 is 1.31 bits per heavy atom. The maximum atomic E-state index is 4.47. The molecule has 0 atom stereocenters. The van der Waals surface area contributed by atoms with E-state index in [-0.39, 0.29) is 5.41 Å². The average Bonchev–Trinajstić information content (AvgIpc) is 2.28. The second kappa shape index (κ2) is 3.17. The van der Waals surface area contributed by atoms with Crippen LogP contribution in [0, 0.1) is 0 Å². The van der Waals surface area contributed by atoms with Crippen molar-refractivity contribution < 1.29 is 0 Å². The van der Waals surface area contributed by atoms with E-state index in [1.807, 2.05) is 6.20 Å². The highest BCUT2D eigenvalue weighted by Gasteiger charge is 2.21. The van der Waals surface area contributed by atoms with E-state index in [2.05, 4.69) is 51.2 Å². The number of hydrogen-bond acceptors (Lipinski definition) is 1. The second-order valence-electron chi connectivity index (χ2n) is 4.97. The number of imidazole rings is 1. The molecule has 0 saturated carbocycles. The zero-order valence-corrected chi connectivity index (χ0v) is 9.55. The molecule has 0 bridgehead atoms. The molecule has 0 aliphatic rings. The van der Waals surface area contributed by atoms with Gasteiger partial charge < -0.3 is 4.57 Å². The van der Waals surface area contributed by atoms with Crippen molar-refractivity contribution in [3.8, 4) is 0 Å². The van der Waals surface area contributed by atoms with Gasteiger partial charge in [0.2, 0.25) is 0 Å². The average molecular weight is 180 g/mol. The van der Waals surface area contributed by atoms with Crippen molar-refractivity contribution in [1.29, 1.82) is 0 Å². The van der Waals surface area contributed by atoms with E-state index in [1.165, 1.54) is 5.69 Å². The van der Waals surface area contributed by atoms with Crippen LogP contribution < -0.4 is 0 Å². The second-order valence-corrected chi connectivity index (χ2v) is 4.97. The zero-order chi connectivity index (χ0) is 10.2. The normalized spacial score (nSPS) is 12.5. The summed E-state index contributed by atoms with van der Waals surface area (Å²) in [5, 5.41) is 0. The van der Waals surface area contributed by atoms with Gasteiger partial charge in [-0.15, -0.1) is 0 Å². The van der Waals surface area contributed by atoms with E-state index in [9.17, 15) is 0 Å². The fourth-order valence-corrected chi connectivity index (χ4v) is 1.66. The number of hydrogen-bond donors (Lipinski definition) is 0. The van der Waals surface area contributed by atoms with Crippen molar-refractivity contribution in [2.45, 2.75) is 46.0 Å². The highest BCUT2D eigenvalue weighted by Crippen LogP contribution is 2.23. The predicted octanol–water partition coefficient (Wildman–Crippen LogP) is 2.84. The van der Waals surface area contributed by atoms with Gasteiger partial charge in [-0.05, 0) is 5.92 Å². The van der Waals surface area contributed by atoms with Crippen LogP contribution in [-0.2, 0) is 12.5 Å². The molecule has 1 aromatic rings. The molecule has 0 saturated heterocycles. The minimum absolute atomic E-state index is 0.141. The number of nitrogens with zero attached hydrogens (tertiary/aromatic N) is 2. The standard InChI is InChI=1S/C11H20N2/c1-8(2)9-7-12-10(13(9)6)11(3,4)5/h7-8H,1-6H3. The van der Waals surface area contributed by atoms with E-state index in [0.717, 1.165) is 5.82 Å². The summed E-state index contributed by atoms with van der Waals surface area (Å²) >= 11 is 0. The summed E-state index contributed by atoms with van der Waals surface area (Å²) in [4.78, 5) is 4.47. The van der Waals surface area contributed by atoms with E-state index < -0.39 is 0 Å². The molecule has 13 heavy (non-hydrogen) atoms. The van der Waals surface area contributed by atoms with Crippen molar-refractivity contribution in [2.24, 2.45) is 7.05 Å². The van der Waals surface area contributed by atoms with Crippen LogP contribution in [0.5, 0.6) is 0 Å². The molecule has 0 unspecified atom stereocenters. The molecule has 1 heterocycles. The Labute approximate surface area is 81.0 Å². The molecule has 0 amide bonds. The fourth-order valence-electron chi connectivity index (χ4n) is 1.66. The van der Waals surface area contributed by atoms with Crippen LogP contribution in [0.4, 0.5) is 0 Å². The van der Waals surface area contributed by atoms with Gasteiger partial charge in [0.05, 0.1) is 0 Å². The van der Waals surface area contributed by atoms with Crippen LogP contribution in [0.15, 0.2) is 6.20 Å². The van der Waals surface area contributed by atoms with Crippen molar-refractivity contribution in [3.63, 3.8) is 0 Å². The molecule has 0 radical (unpaired) electrons. The monoisotopic (exact) mass is 180 g/mol. The van der Waals surface area contributed by atoms with Gasteiger partial charge in [-0.1, -0.05) is 34.6 Å². The molecule has 2 nitrogen and oxygen atoms in total. The van der Waals surface area contributed by atoms with Crippen LogP contribution in [0.3, 0.4) is 0 Å². The van der Waals surface area contributed by atoms with Crippen molar-refractivity contribution in [3.05, 3.63) is 17.7 Å². The Bertz CT molecular complexity index is 290. The van der Waals surface area contributed by atoms with Crippen molar-refractivity contribution in [2.75, 3.05) is 0 Å². The Hall–Kier alpha value is -0.790. The largest absolute Gasteiger partial charge is 0.334 e. The van der Waals surface area contributed by atoms with Crippen LogP contribution in [0.1, 0.15) is 52.1 Å². The minimum atomic E-state index is 0.141. The van der Waals surface area contributed by atoms with E-state index in [0.29, 0.717) is 5.92 Å². The third-order valence-electron chi connectivity index (χ3n) is 2.29. The van der Waals surface area contributed by atoms with Crippen LogP contribution in [-0.4, -0.2) is 9.55 Å². The molecule has 2 heteroatoms. The zero-order valence-electron chi connectivity index (χ0n) is 9.55. The molecule has 74 valence electrons. The van der Waals surface area contributed by atoms with E-state index in [4.69, 9.17) is 0 Å². The van der Waals surface area contributed by atoms with Crippen LogP contribution in [0.25, 0.3) is 0 Å². The van der Waals surface area contributed by atoms with Gasteiger partial charge in [0, 0.05) is 24.4 Å². The van der Waals surface area contributed by atoms with E-state index >= 15 is 0 Å². The molecule has 0 aliphatic heterocycles. The smallest absolute Gasteiger partial charge is 0.114 e. The first-order chi connectivity index (χ1) is 5.84. The van der Waals surface area contributed by atoms with E-state index in [1.54, 1.807) is 0 Å². The van der Waals surface area contributed by atoms with Crippen LogP contribution >= 0.6 is 0 Å². The summed E-state index contributed by atoms with van der Waals surface area (Å²) in [6.07, 6.45) is 1.99. The molecule has 0 spiro atoms. The quantitative estimate of drug-likeness (QED) is 0.650. The van der Waals surface area contributed by atoms with Gasteiger partial charge in [0.15, 0.2) is 0 Å². The Morgan fingerprint density at radius 2 is 1.85 bits per heavy atom. The lowest BCUT2D eigenvalue weighted by Crippen LogP contribution is -2.18. The topological polar surface area (TPSA) is 17.8 Å². The minimum Gasteiger partial charge on any atom is -0.334 e. The Balaban J connectivity index is 3.14. The van der Waals surface area contributed by atoms with Gasteiger partial charge in [0.1, 0.15) is 5.82 Å². The molecule has 0 N–H and O–H groups in total. The highest BCUT2D eigenvalue weighted by atomic mass is 15.1. The summed E-state index contributed by atoms with van der Waals surface area (Å²) in [5.74, 6) is 1.71. The number of aromatic nitrogens is 2. The van der Waals surface area contributed by atoms with Crippen LogP contribution in [0.2, 0.25) is 0 Å². The van der Waals surface area contributed by atoms with Gasteiger partial charge in [-0.2, -0.15) is 0 Å². The van der Waals surface area contributed by atoms with Gasteiger partial charge in [-0.3, -0.25) is 0 Å². The molecule has 1 rings (SSSR count). The fraction of sp³-hybridized carbons (Fsp3) is 0.727. The Kier molecular flexibility index (Phi) is 2.51. The van der Waals surface area contributed by atoms with Gasteiger partial charge in [-0.25, -0.2) is 4.98 Å². The number of rotatable bonds is 1. The predicted molar refractivity (Wildman–Crippen MR) is 56.0 cm³/mol. The molecular weight excluding hydrogens is 160 g/mol. The SMILES string of the molecule is CC(C)c1cnc(C(C)(C)C)n1C. The first-order valence-corrected chi connectivity index (χ1v) is 4.86. The summed E-state index contributed by atoms with van der Waals surface area (Å²) in [6.45, 7) is 11.0. The highest BCUT2D eigenvalue weighted by molar-refractivity contribution is 5.14. The molecule has 1 aromatic heterocycles. The summed E-state index contributed by atoms with van der Waals surface area (Å²) in [5.41, 5.74) is 1.45. The molecule has 0 aromatic carbocycles. The first-order valence-electron chi connectivity index (χ1n) is 4.86. The lowest BCUT2D eigenvalue weighted by atomic mass is 9.96. The molecule has 0 fully saturated rings.